The molecular weight excluding hydrogens is 294 g/mol. The highest BCUT2D eigenvalue weighted by molar-refractivity contribution is 9.10. The molecule has 1 aromatic carbocycles. The third-order valence-corrected chi connectivity index (χ3v) is 2.92. The summed E-state index contributed by atoms with van der Waals surface area (Å²) in [6, 6.07) is 7.83. The van der Waals surface area contributed by atoms with Crippen LogP contribution in [0, 0.1) is 0 Å². The van der Waals surface area contributed by atoms with E-state index >= 15 is 0 Å². The Morgan fingerprint density at radius 1 is 1.17 bits per heavy atom. The highest BCUT2D eigenvalue weighted by Gasteiger charge is 1.94. The zero-order chi connectivity index (χ0) is 13.1. The molecule has 1 rings (SSSR count). The second kappa shape index (κ2) is 10.4. The largest absolute Gasteiger partial charge is 0.491 e. The van der Waals surface area contributed by atoms with Gasteiger partial charge in [0.05, 0.1) is 13.2 Å². The van der Waals surface area contributed by atoms with Crippen molar-refractivity contribution in [1.29, 1.82) is 0 Å². The molecule has 0 radical (unpaired) electrons. The maximum absolute atomic E-state index is 5.56. The molecule has 1 aromatic rings. The molecule has 0 bridgehead atoms. The predicted molar refractivity (Wildman–Crippen MR) is 78.2 cm³/mol. The number of hydrogen-bond acceptors (Lipinski definition) is 3. The summed E-state index contributed by atoms with van der Waals surface area (Å²) in [6.07, 6.45) is 2.46. The van der Waals surface area contributed by atoms with Gasteiger partial charge in [0.2, 0.25) is 0 Å². The molecule has 3 nitrogen and oxygen atoms in total. The Labute approximate surface area is 118 Å². The van der Waals surface area contributed by atoms with Crippen LogP contribution in [-0.4, -0.2) is 32.9 Å². The summed E-state index contributed by atoms with van der Waals surface area (Å²) < 4.78 is 12.1. The van der Waals surface area contributed by atoms with Crippen LogP contribution in [0.4, 0.5) is 0 Å². The van der Waals surface area contributed by atoms with Crippen LogP contribution >= 0.6 is 15.9 Å². The Morgan fingerprint density at radius 2 is 2.06 bits per heavy atom. The number of ether oxygens (including phenoxy) is 2. The Balaban J connectivity index is 1.92. The van der Waals surface area contributed by atoms with Gasteiger partial charge in [0.25, 0.3) is 0 Å². The zero-order valence-corrected chi connectivity index (χ0v) is 12.5. The first-order valence-corrected chi connectivity index (χ1v) is 7.29. The van der Waals surface area contributed by atoms with Crippen molar-refractivity contribution in [2.75, 3.05) is 32.9 Å². The lowest BCUT2D eigenvalue weighted by Crippen LogP contribution is -2.21. The molecule has 0 fully saturated rings. The van der Waals surface area contributed by atoms with Gasteiger partial charge in [-0.05, 0) is 31.2 Å². The lowest BCUT2D eigenvalue weighted by molar-refractivity contribution is 0.102. The van der Waals surface area contributed by atoms with Crippen LogP contribution < -0.4 is 10.1 Å². The molecule has 0 aliphatic heterocycles. The lowest BCUT2D eigenvalue weighted by atomic mass is 10.3. The molecule has 0 atom stereocenters. The molecule has 4 heteroatoms. The molecule has 0 spiro atoms. The molecular formula is C14H22BrNO2. The average Bonchev–Trinajstić information content (AvgIpc) is 2.37. The van der Waals surface area contributed by atoms with Gasteiger partial charge in [-0.3, -0.25) is 0 Å². The minimum absolute atomic E-state index is 0.589. The predicted octanol–water partition coefficient (Wildman–Crippen LogP) is 3.23. The van der Waals surface area contributed by atoms with E-state index in [1.165, 1.54) is 12.8 Å². The highest BCUT2D eigenvalue weighted by atomic mass is 79.9. The van der Waals surface area contributed by atoms with E-state index in [4.69, 9.17) is 9.47 Å². The van der Waals surface area contributed by atoms with Crippen molar-refractivity contribution in [3.05, 3.63) is 28.7 Å². The fourth-order valence-corrected chi connectivity index (χ4v) is 1.83. The summed E-state index contributed by atoms with van der Waals surface area (Å²) in [5.74, 6) is 0.869. The van der Waals surface area contributed by atoms with E-state index in [0.717, 1.165) is 29.9 Å². The van der Waals surface area contributed by atoms with Gasteiger partial charge in [-0.2, -0.15) is 0 Å². The summed E-state index contributed by atoms with van der Waals surface area (Å²) in [6.45, 7) is 6.14. The molecule has 0 amide bonds. The molecule has 0 heterocycles. The van der Waals surface area contributed by atoms with Crippen molar-refractivity contribution >= 4 is 15.9 Å². The van der Waals surface area contributed by atoms with Gasteiger partial charge in [-0.1, -0.05) is 35.3 Å². The van der Waals surface area contributed by atoms with Gasteiger partial charge in [0.15, 0.2) is 0 Å². The van der Waals surface area contributed by atoms with Crippen molar-refractivity contribution in [2.24, 2.45) is 0 Å². The summed E-state index contributed by atoms with van der Waals surface area (Å²) in [5, 5.41) is 3.33. The topological polar surface area (TPSA) is 30.5 Å². The average molecular weight is 316 g/mol. The first-order chi connectivity index (χ1) is 8.83. The van der Waals surface area contributed by atoms with Gasteiger partial charge in [0.1, 0.15) is 12.4 Å². The van der Waals surface area contributed by atoms with Gasteiger partial charge in [-0.25, -0.2) is 0 Å². The third kappa shape index (κ3) is 7.69. The van der Waals surface area contributed by atoms with Crippen molar-refractivity contribution in [3.8, 4) is 5.75 Å². The normalized spacial score (nSPS) is 10.6. The lowest BCUT2D eigenvalue weighted by Gasteiger charge is -2.08. The zero-order valence-electron chi connectivity index (χ0n) is 11.0. The summed E-state index contributed by atoms with van der Waals surface area (Å²) >= 11 is 3.41. The Morgan fingerprint density at radius 3 is 2.83 bits per heavy atom. The molecule has 0 aromatic heterocycles. The number of hydrogen-bond donors (Lipinski definition) is 1. The molecule has 0 aliphatic rings. The van der Waals surface area contributed by atoms with Crippen LogP contribution in [0.2, 0.25) is 0 Å². The molecule has 0 unspecified atom stereocenters. The molecule has 0 saturated carbocycles. The Kier molecular flexibility index (Phi) is 8.90. The van der Waals surface area contributed by atoms with Crippen molar-refractivity contribution in [2.45, 2.75) is 19.8 Å². The van der Waals surface area contributed by atoms with Crippen LogP contribution in [0.5, 0.6) is 5.75 Å². The molecule has 18 heavy (non-hydrogen) atoms. The van der Waals surface area contributed by atoms with E-state index < -0.39 is 0 Å². The quantitative estimate of drug-likeness (QED) is 0.672. The van der Waals surface area contributed by atoms with Crippen molar-refractivity contribution in [3.63, 3.8) is 0 Å². The van der Waals surface area contributed by atoms with E-state index in [9.17, 15) is 0 Å². The molecule has 1 N–H and O–H groups in total. The number of halogens is 1. The Hall–Kier alpha value is -0.580. The van der Waals surface area contributed by atoms with Crippen LogP contribution in [-0.2, 0) is 4.74 Å². The first-order valence-electron chi connectivity index (χ1n) is 6.49. The smallest absolute Gasteiger partial charge is 0.120 e. The van der Waals surface area contributed by atoms with E-state index in [-0.39, 0.29) is 0 Å². The standard InChI is InChI=1S/C14H22BrNO2/c1-2-3-7-16-8-9-17-10-11-18-14-6-4-5-13(15)12-14/h4-6,12,16H,2-3,7-11H2,1H3. The van der Waals surface area contributed by atoms with Crippen LogP contribution in [0.15, 0.2) is 28.7 Å². The van der Waals surface area contributed by atoms with E-state index in [0.29, 0.717) is 13.2 Å². The van der Waals surface area contributed by atoms with E-state index in [1.807, 2.05) is 24.3 Å². The van der Waals surface area contributed by atoms with Crippen molar-refractivity contribution in [1.82, 2.24) is 5.32 Å². The third-order valence-electron chi connectivity index (χ3n) is 2.42. The number of unbranched alkanes of at least 4 members (excludes halogenated alkanes) is 1. The van der Waals surface area contributed by atoms with E-state index in [1.54, 1.807) is 0 Å². The fourth-order valence-electron chi connectivity index (χ4n) is 1.45. The monoisotopic (exact) mass is 315 g/mol. The highest BCUT2D eigenvalue weighted by Crippen LogP contribution is 2.17. The number of nitrogens with one attached hydrogen (secondary N) is 1. The van der Waals surface area contributed by atoms with Gasteiger partial charge in [-0.15, -0.1) is 0 Å². The minimum Gasteiger partial charge on any atom is -0.491 e. The van der Waals surface area contributed by atoms with Crippen LogP contribution in [0.1, 0.15) is 19.8 Å². The number of benzene rings is 1. The van der Waals surface area contributed by atoms with Crippen LogP contribution in [0.3, 0.4) is 0 Å². The maximum atomic E-state index is 5.56. The van der Waals surface area contributed by atoms with Gasteiger partial charge in [0, 0.05) is 11.0 Å². The second-order valence-corrected chi connectivity index (χ2v) is 4.94. The van der Waals surface area contributed by atoms with Crippen LogP contribution in [0.25, 0.3) is 0 Å². The molecule has 102 valence electrons. The maximum Gasteiger partial charge on any atom is 0.120 e. The number of rotatable bonds is 10. The minimum atomic E-state index is 0.589. The molecule has 0 saturated heterocycles. The second-order valence-electron chi connectivity index (χ2n) is 4.02. The first kappa shape index (κ1) is 15.5. The fraction of sp³-hybridized carbons (Fsp3) is 0.571. The van der Waals surface area contributed by atoms with E-state index in [2.05, 4.69) is 28.2 Å². The van der Waals surface area contributed by atoms with Gasteiger partial charge < -0.3 is 14.8 Å². The summed E-state index contributed by atoms with van der Waals surface area (Å²) in [5.41, 5.74) is 0. The Bertz CT molecular complexity index is 320. The van der Waals surface area contributed by atoms with Gasteiger partial charge >= 0.3 is 0 Å². The van der Waals surface area contributed by atoms with Crippen molar-refractivity contribution < 1.29 is 9.47 Å². The summed E-state index contributed by atoms with van der Waals surface area (Å²) in [7, 11) is 0. The summed E-state index contributed by atoms with van der Waals surface area (Å²) in [4.78, 5) is 0. The molecule has 0 aliphatic carbocycles. The SMILES string of the molecule is CCCCNCCOCCOc1cccc(Br)c1.